The molecule has 0 saturated carbocycles. The zero-order valence-corrected chi connectivity index (χ0v) is 11.5. The second-order valence-electron chi connectivity index (χ2n) is 4.58. The van der Waals surface area contributed by atoms with E-state index in [0.717, 1.165) is 51.0 Å². The van der Waals surface area contributed by atoms with Crippen LogP contribution < -0.4 is 9.80 Å². The maximum absolute atomic E-state index is 4.62. The molecule has 1 aromatic rings. The van der Waals surface area contributed by atoms with Crippen LogP contribution in [0.15, 0.2) is 6.20 Å². The monoisotopic (exact) mass is 250 g/mol. The van der Waals surface area contributed by atoms with Crippen molar-refractivity contribution >= 4 is 11.8 Å². The van der Waals surface area contributed by atoms with E-state index in [1.165, 1.54) is 0 Å². The van der Waals surface area contributed by atoms with Crippen LogP contribution >= 0.6 is 0 Å². The van der Waals surface area contributed by atoms with Gasteiger partial charge in [-0.1, -0.05) is 0 Å². The number of hydrogen-bond acceptors (Lipinski definition) is 6. The SMILES string of the molecule is CCN(CC)c1nncc(N2CCN(C)CC2)n1. The zero-order valence-electron chi connectivity index (χ0n) is 11.5. The normalized spacial score (nSPS) is 16.9. The molecule has 2 heterocycles. The summed E-state index contributed by atoms with van der Waals surface area (Å²) >= 11 is 0. The van der Waals surface area contributed by atoms with E-state index in [4.69, 9.17) is 0 Å². The van der Waals surface area contributed by atoms with Gasteiger partial charge in [-0.05, 0) is 20.9 Å². The predicted octanol–water partition coefficient (Wildman–Crippen LogP) is 0.470. The van der Waals surface area contributed by atoms with Crippen LogP contribution in [0, 0.1) is 0 Å². The van der Waals surface area contributed by atoms with Crippen LogP contribution in [0.1, 0.15) is 13.8 Å². The summed E-state index contributed by atoms with van der Waals surface area (Å²) in [5.74, 6) is 1.68. The summed E-state index contributed by atoms with van der Waals surface area (Å²) < 4.78 is 0. The van der Waals surface area contributed by atoms with Crippen molar-refractivity contribution in [2.75, 3.05) is 56.1 Å². The van der Waals surface area contributed by atoms with Gasteiger partial charge in [-0.25, -0.2) is 0 Å². The predicted molar refractivity (Wildman–Crippen MR) is 73.1 cm³/mol. The van der Waals surface area contributed by atoms with Crippen LogP contribution in [0.5, 0.6) is 0 Å². The number of hydrogen-bond donors (Lipinski definition) is 0. The topological polar surface area (TPSA) is 48.4 Å². The highest BCUT2D eigenvalue weighted by Gasteiger charge is 2.17. The molecular formula is C12H22N6. The molecule has 0 spiro atoms. The summed E-state index contributed by atoms with van der Waals surface area (Å²) in [6.07, 6.45) is 1.76. The Bertz CT molecular complexity index is 371. The molecule has 6 heteroatoms. The second-order valence-corrected chi connectivity index (χ2v) is 4.58. The molecule has 1 aliphatic rings. The molecule has 1 aromatic heterocycles. The Labute approximate surface area is 109 Å². The van der Waals surface area contributed by atoms with Crippen molar-refractivity contribution in [3.05, 3.63) is 6.20 Å². The molecule has 0 N–H and O–H groups in total. The van der Waals surface area contributed by atoms with Crippen LogP contribution in [0.2, 0.25) is 0 Å². The molecule has 1 fully saturated rings. The fraction of sp³-hybridized carbons (Fsp3) is 0.750. The molecule has 1 aliphatic heterocycles. The Morgan fingerprint density at radius 2 is 1.83 bits per heavy atom. The number of likely N-dealkylation sites (N-methyl/N-ethyl adjacent to an activating group) is 1. The van der Waals surface area contributed by atoms with E-state index in [1.54, 1.807) is 6.20 Å². The molecule has 0 radical (unpaired) electrons. The minimum absolute atomic E-state index is 0.733. The maximum atomic E-state index is 4.62. The Morgan fingerprint density at radius 1 is 1.17 bits per heavy atom. The highest BCUT2D eigenvalue weighted by Crippen LogP contribution is 2.14. The van der Waals surface area contributed by atoms with Crippen LogP contribution in [0.3, 0.4) is 0 Å². The first-order valence-corrected chi connectivity index (χ1v) is 6.62. The van der Waals surface area contributed by atoms with E-state index < -0.39 is 0 Å². The Kier molecular flexibility index (Phi) is 4.30. The van der Waals surface area contributed by atoms with E-state index in [9.17, 15) is 0 Å². The van der Waals surface area contributed by atoms with Gasteiger partial charge < -0.3 is 14.7 Å². The minimum Gasteiger partial charge on any atom is -0.353 e. The van der Waals surface area contributed by atoms with Gasteiger partial charge in [0.1, 0.15) is 0 Å². The smallest absolute Gasteiger partial charge is 0.247 e. The van der Waals surface area contributed by atoms with E-state index in [2.05, 4.69) is 50.8 Å². The van der Waals surface area contributed by atoms with E-state index in [1.807, 2.05) is 0 Å². The molecule has 0 aromatic carbocycles. The van der Waals surface area contributed by atoms with Crippen molar-refractivity contribution in [1.82, 2.24) is 20.1 Å². The molecule has 0 unspecified atom stereocenters. The number of nitrogens with zero attached hydrogens (tertiary/aromatic N) is 6. The van der Waals surface area contributed by atoms with Crippen LogP contribution in [0.4, 0.5) is 11.8 Å². The zero-order chi connectivity index (χ0) is 13.0. The third kappa shape index (κ3) is 2.87. The van der Waals surface area contributed by atoms with Gasteiger partial charge in [-0.3, -0.25) is 0 Å². The second kappa shape index (κ2) is 5.95. The lowest BCUT2D eigenvalue weighted by Crippen LogP contribution is -2.45. The average Bonchev–Trinajstić information content (AvgIpc) is 2.41. The summed E-state index contributed by atoms with van der Waals surface area (Å²) in [6, 6.07) is 0. The molecule has 18 heavy (non-hydrogen) atoms. The van der Waals surface area contributed by atoms with Crippen molar-refractivity contribution in [2.45, 2.75) is 13.8 Å². The number of rotatable bonds is 4. The first kappa shape index (κ1) is 13.0. The lowest BCUT2D eigenvalue weighted by atomic mass is 10.3. The quantitative estimate of drug-likeness (QED) is 0.774. The van der Waals surface area contributed by atoms with Gasteiger partial charge in [0.2, 0.25) is 5.95 Å². The number of anilines is 2. The molecule has 100 valence electrons. The van der Waals surface area contributed by atoms with Crippen molar-refractivity contribution in [3.8, 4) is 0 Å². The van der Waals surface area contributed by atoms with Gasteiger partial charge in [-0.2, -0.15) is 10.1 Å². The first-order valence-electron chi connectivity index (χ1n) is 6.62. The molecule has 0 amide bonds. The third-order valence-electron chi connectivity index (χ3n) is 3.41. The number of aromatic nitrogens is 3. The van der Waals surface area contributed by atoms with Crippen molar-refractivity contribution in [1.29, 1.82) is 0 Å². The summed E-state index contributed by atoms with van der Waals surface area (Å²) in [6.45, 7) is 10.2. The van der Waals surface area contributed by atoms with E-state index in [-0.39, 0.29) is 0 Å². The molecule has 0 bridgehead atoms. The van der Waals surface area contributed by atoms with Gasteiger partial charge in [-0.15, -0.1) is 5.10 Å². The van der Waals surface area contributed by atoms with Gasteiger partial charge in [0.25, 0.3) is 0 Å². The maximum Gasteiger partial charge on any atom is 0.247 e. The fourth-order valence-corrected chi connectivity index (χ4v) is 2.11. The van der Waals surface area contributed by atoms with Crippen LogP contribution in [0.25, 0.3) is 0 Å². The van der Waals surface area contributed by atoms with E-state index in [0.29, 0.717) is 0 Å². The average molecular weight is 250 g/mol. The third-order valence-corrected chi connectivity index (χ3v) is 3.41. The largest absolute Gasteiger partial charge is 0.353 e. The molecule has 0 aliphatic carbocycles. The molecule has 2 rings (SSSR count). The van der Waals surface area contributed by atoms with Gasteiger partial charge in [0.15, 0.2) is 5.82 Å². The fourth-order valence-electron chi connectivity index (χ4n) is 2.11. The van der Waals surface area contributed by atoms with Crippen molar-refractivity contribution < 1.29 is 0 Å². The first-order chi connectivity index (χ1) is 8.74. The summed E-state index contributed by atoms with van der Waals surface area (Å²) in [7, 11) is 2.15. The molecule has 0 atom stereocenters. The summed E-state index contributed by atoms with van der Waals surface area (Å²) in [5, 5.41) is 8.21. The molecule has 1 saturated heterocycles. The Balaban J connectivity index is 2.11. The standard InChI is InChI=1S/C12H22N6/c1-4-17(5-2)12-14-11(10-13-15-12)18-8-6-16(3)7-9-18/h10H,4-9H2,1-3H3. The molecule has 6 nitrogen and oxygen atoms in total. The van der Waals surface area contributed by atoms with Crippen LogP contribution in [-0.2, 0) is 0 Å². The van der Waals surface area contributed by atoms with Crippen molar-refractivity contribution in [3.63, 3.8) is 0 Å². The Hall–Kier alpha value is -1.43. The van der Waals surface area contributed by atoms with Gasteiger partial charge in [0.05, 0.1) is 6.20 Å². The van der Waals surface area contributed by atoms with Crippen LogP contribution in [-0.4, -0.2) is 66.4 Å². The lowest BCUT2D eigenvalue weighted by molar-refractivity contribution is 0.312. The van der Waals surface area contributed by atoms with Gasteiger partial charge in [0, 0.05) is 39.3 Å². The minimum atomic E-state index is 0.733. The Morgan fingerprint density at radius 3 is 2.44 bits per heavy atom. The van der Waals surface area contributed by atoms with E-state index >= 15 is 0 Å². The highest BCUT2D eigenvalue weighted by atomic mass is 15.4. The van der Waals surface area contributed by atoms with Gasteiger partial charge >= 0.3 is 0 Å². The lowest BCUT2D eigenvalue weighted by Gasteiger charge is -2.33. The summed E-state index contributed by atoms with van der Waals surface area (Å²) in [5.41, 5.74) is 0. The highest BCUT2D eigenvalue weighted by molar-refractivity contribution is 5.41. The summed E-state index contributed by atoms with van der Waals surface area (Å²) in [4.78, 5) is 11.4. The number of piperazine rings is 1. The molecular weight excluding hydrogens is 228 g/mol. The van der Waals surface area contributed by atoms with Crippen molar-refractivity contribution in [2.24, 2.45) is 0 Å².